The minimum absolute atomic E-state index is 0.0833. The second-order valence-electron chi connectivity index (χ2n) is 6.29. The number of benzene rings is 1. The van der Waals surface area contributed by atoms with Crippen molar-refractivity contribution < 1.29 is 14.3 Å². The number of amides is 2. The van der Waals surface area contributed by atoms with Gasteiger partial charge in [0.05, 0.1) is 13.2 Å². The van der Waals surface area contributed by atoms with Gasteiger partial charge in [-0.05, 0) is 35.9 Å². The monoisotopic (exact) mass is 368 g/mol. The molecule has 7 heteroatoms. The summed E-state index contributed by atoms with van der Waals surface area (Å²) < 4.78 is 5.37. The Morgan fingerprint density at radius 1 is 1.19 bits per heavy atom. The topological polar surface area (TPSA) is 83.6 Å². The number of hydrogen-bond donors (Lipinski definition) is 2. The summed E-state index contributed by atoms with van der Waals surface area (Å²) in [5.74, 6) is 0.627. The zero-order valence-corrected chi connectivity index (χ0v) is 15.4. The molecule has 1 aliphatic heterocycles. The fourth-order valence-corrected chi connectivity index (χ4v) is 2.81. The molecule has 1 fully saturated rings. The van der Waals surface area contributed by atoms with Crippen LogP contribution in [0.5, 0.6) is 0 Å². The van der Waals surface area contributed by atoms with Crippen molar-refractivity contribution in [3.05, 3.63) is 53.7 Å². The Morgan fingerprint density at radius 2 is 2.00 bits per heavy atom. The first-order valence-electron chi connectivity index (χ1n) is 9.11. The van der Waals surface area contributed by atoms with Crippen molar-refractivity contribution in [1.29, 1.82) is 0 Å². The fraction of sp³-hybridized carbons (Fsp3) is 0.350. The molecule has 142 valence electrons. The van der Waals surface area contributed by atoms with Gasteiger partial charge in [-0.1, -0.05) is 13.0 Å². The maximum atomic E-state index is 12.4. The third kappa shape index (κ3) is 5.27. The van der Waals surface area contributed by atoms with Gasteiger partial charge in [0.15, 0.2) is 0 Å². The van der Waals surface area contributed by atoms with Crippen molar-refractivity contribution in [3.8, 4) is 0 Å². The molecule has 7 nitrogen and oxygen atoms in total. The summed E-state index contributed by atoms with van der Waals surface area (Å²) in [6, 6.07) is 10.8. The second kappa shape index (κ2) is 9.14. The van der Waals surface area contributed by atoms with E-state index < -0.39 is 0 Å². The number of nitrogens with one attached hydrogen (secondary N) is 2. The van der Waals surface area contributed by atoms with Crippen molar-refractivity contribution >= 4 is 23.3 Å². The van der Waals surface area contributed by atoms with Crippen LogP contribution in [0.15, 0.2) is 42.6 Å². The molecule has 3 rings (SSSR count). The van der Waals surface area contributed by atoms with E-state index in [2.05, 4.69) is 20.5 Å². The molecule has 27 heavy (non-hydrogen) atoms. The molecule has 1 aromatic heterocycles. The number of pyridine rings is 1. The summed E-state index contributed by atoms with van der Waals surface area (Å²) >= 11 is 0. The molecular formula is C20H24N4O3. The molecule has 2 N–H and O–H groups in total. The normalized spacial score (nSPS) is 13.9. The molecule has 0 unspecified atom stereocenters. The smallest absolute Gasteiger partial charge is 0.251 e. The molecule has 1 aliphatic rings. The molecule has 1 aromatic carbocycles. The highest BCUT2D eigenvalue weighted by atomic mass is 16.5. The van der Waals surface area contributed by atoms with E-state index >= 15 is 0 Å². The minimum atomic E-state index is -0.188. The number of hydrogen-bond acceptors (Lipinski definition) is 5. The SMILES string of the molecule is CCC(=O)Nc1cccc(C(=O)NCc2ccnc(N3CCOCC3)c2)c1. The molecule has 0 saturated carbocycles. The van der Waals surface area contributed by atoms with Crippen molar-refractivity contribution in [2.24, 2.45) is 0 Å². The summed E-state index contributed by atoms with van der Waals surface area (Å²) in [4.78, 5) is 30.5. The van der Waals surface area contributed by atoms with E-state index in [0.29, 0.717) is 37.4 Å². The van der Waals surface area contributed by atoms with E-state index in [9.17, 15) is 9.59 Å². The van der Waals surface area contributed by atoms with Crippen LogP contribution >= 0.6 is 0 Å². The van der Waals surface area contributed by atoms with E-state index in [1.807, 2.05) is 12.1 Å². The molecule has 0 bridgehead atoms. The summed E-state index contributed by atoms with van der Waals surface area (Å²) in [5.41, 5.74) is 2.11. The van der Waals surface area contributed by atoms with Gasteiger partial charge in [0.2, 0.25) is 5.91 Å². The predicted molar refractivity (Wildman–Crippen MR) is 104 cm³/mol. The van der Waals surface area contributed by atoms with Gasteiger partial charge in [0, 0.05) is 43.5 Å². The second-order valence-corrected chi connectivity index (χ2v) is 6.29. The van der Waals surface area contributed by atoms with Crippen LogP contribution in [0.3, 0.4) is 0 Å². The first-order valence-corrected chi connectivity index (χ1v) is 9.11. The van der Waals surface area contributed by atoms with Crippen molar-refractivity contribution in [2.75, 3.05) is 36.5 Å². The van der Waals surface area contributed by atoms with E-state index in [1.165, 1.54) is 0 Å². The van der Waals surface area contributed by atoms with Gasteiger partial charge in [-0.25, -0.2) is 4.98 Å². The third-order valence-corrected chi connectivity index (χ3v) is 4.33. The van der Waals surface area contributed by atoms with Crippen molar-refractivity contribution in [3.63, 3.8) is 0 Å². The first-order chi connectivity index (χ1) is 13.2. The number of carbonyl (C=O) groups is 2. The van der Waals surface area contributed by atoms with Crippen LogP contribution < -0.4 is 15.5 Å². The molecule has 0 spiro atoms. The van der Waals surface area contributed by atoms with Crippen LogP contribution in [0.1, 0.15) is 29.3 Å². The Kier molecular flexibility index (Phi) is 6.38. The standard InChI is InChI=1S/C20H24N4O3/c1-2-19(25)23-17-5-3-4-16(13-17)20(26)22-14-15-6-7-21-18(12-15)24-8-10-27-11-9-24/h3-7,12-13H,2,8-11,14H2,1H3,(H,22,26)(H,23,25). The van der Waals surface area contributed by atoms with Crippen molar-refractivity contribution in [1.82, 2.24) is 10.3 Å². The van der Waals surface area contributed by atoms with Gasteiger partial charge in [-0.2, -0.15) is 0 Å². The number of morpholine rings is 1. The minimum Gasteiger partial charge on any atom is -0.378 e. The van der Waals surface area contributed by atoms with Gasteiger partial charge in [0.1, 0.15) is 5.82 Å². The number of anilines is 2. The van der Waals surface area contributed by atoms with Gasteiger partial charge < -0.3 is 20.3 Å². The van der Waals surface area contributed by atoms with Gasteiger partial charge in [-0.15, -0.1) is 0 Å². The Hall–Kier alpha value is -2.93. The zero-order chi connectivity index (χ0) is 19.1. The van der Waals surface area contributed by atoms with E-state index in [4.69, 9.17) is 4.74 Å². The highest BCUT2D eigenvalue weighted by Crippen LogP contribution is 2.15. The van der Waals surface area contributed by atoms with Gasteiger partial charge in [0.25, 0.3) is 5.91 Å². The average Bonchev–Trinajstić information content (AvgIpc) is 2.73. The molecule has 0 radical (unpaired) electrons. The number of ether oxygens (including phenoxy) is 1. The summed E-state index contributed by atoms with van der Waals surface area (Å²) in [6.45, 7) is 5.23. The molecule has 2 aromatic rings. The molecular weight excluding hydrogens is 344 g/mol. The lowest BCUT2D eigenvalue weighted by atomic mass is 10.1. The Morgan fingerprint density at radius 3 is 2.78 bits per heavy atom. The lowest BCUT2D eigenvalue weighted by molar-refractivity contribution is -0.115. The third-order valence-electron chi connectivity index (χ3n) is 4.33. The molecule has 0 atom stereocenters. The number of nitrogens with zero attached hydrogens (tertiary/aromatic N) is 2. The number of carbonyl (C=O) groups excluding carboxylic acids is 2. The predicted octanol–water partition coefficient (Wildman–Crippen LogP) is 2.20. The fourth-order valence-electron chi connectivity index (χ4n) is 2.81. The largest absolute Gasteiger partial charge is 0.378 e. The highest BCUT2D eigenvalue weighted by molar-refractivity contribution is 5.97. The van der Waals surface area contributed by atoms with Gasteiger partial charge in [-0.3, -0.25) is 9.59 Å². The Labute approximate surface area is 158 Å². The van der Waals surface area contributed by atoms with E-state index in [1.54, 1.807) is 37.4 Å². The van der Waals surface area contributed by atoms with Crippen LogP contribution in [0.2, 0.25) is 0 Å². The summed E-state index contributed by atoms with van der Waals surface area (Å²) in [7, 11) is 0. The average molecular weight is 368 g/mol. The number of aromatic nitrogens is 1. The lowest BCUT2D eigenvalue weighted by Crippen LogP contribution is -2.36. The Bertz CT molecular complexity index is 803. The van der Waals surface area contributed by atoms with E-state index in [0.717, 1.165) is 24.5 Å². The molecule has 2 amide bonds. The first kappa shape index (κ1) is 18.8. The van der Waals surface area contributed by atoms with Gasteiger partial charge >= 0.3 is 0 Å². The maximum Gasteiger partial charge on any atom is 0.251 e. The molecule has 1 saturated heterocycles. The maximum absolute atomic E-state index is 12.4. The van der Waals surface area contributed by atoms with Crippen LogP contribution in [-0.2, 0) is 16.1 Å². The molecule has 0 aliphatic carbocycles. The highest BCUT2D eigenvalue weighted by Gasteiger charge is 2.13. The number of rotatable bonds is 6. The van der Waals surface area contributed by atoms with Crippen molar-refractivity contribution in [2.45, 2.75) is 19.9 Å². The Balaban J connectivity index is 1.60. The van der Waals surface area contributed by atoms with Crippen LogP contribution in [-0.4, -0.2) is 43.1 Å². The zero-order valence-electron chi connectivity index (χ0n) is 15.4. The quantitative estimate of drug-likeness (QED) is 0.817. The summed E-state index contributed by atoms with van der Waals surface area (Å²) in [6.07, 6.45) is 2.15. The lowest BCUT2D eigenvalue weighted by Gasteiger charge is -2.28. The van der Waals surface area contributed by atoms with Crippen LogP contribution in [0.4, 0.5) is 11.5 Å². The summed E-state index contributed by atoms with van der Waals surface area (Å²) in [5, 5.41) is 5.68. The van der Waals surface area contributed by atoms with Crippen LogP contribution in [0.25, 0.3) is 0 Å². The van der Waals surface area contributed by atoms with Crippen LogP contribution in [0, 0.1) is 0 Å². The van der Waals surface area contributed by atoms with E-state index in [-0.39, 0.29) is 11.8 Å². The molecule has 2 heterocycles.